The summed E-state index contributed by atoms with van der Waals surface area (Å²) in [4.78, 5) is 78.2. The summed E-state index contributed by atoms with van der Waals surface area (Å²) in [5, 5.41) is 3.56. The fourth-order valence-corrected chi connectivity index (χ4v) is 17.5. The second kappa shape index (κ2) is 26.4. The molecule has 0 bridgehead atoms. The summed E-state index contributed by atoms with van der Waals surface area (Å²) in [5.41, 5.74) is 1.51. The number of halogens is 6. The molecule has 522 valence electrons. The highest BCUT2D eigenvalue weighted by Gasteiger charge is 2.55. The van der Waals surface area contributed by atoms with Crippen molar-refractivity contribution in [3.05, 3.63) is 148 Å². The van der Waals surface area contributed by atoms with Gasteiger partial charge < -0.3 is 29.1 Å². The zero-order valence-electron chi connectivity index (χ0n) is 57.0. The first-order chi connectivity index (χ1) is 48.8. The molecule has 0 N–H and O–H groups in total. The Balaban J connectivity index is 0.710. The lowest BCUT2D eigenvalue weighted by Crippen LogP contribution is -2.44. The number of amides is 2. The minimum atomic E-state index is -1.29. The number of rotatable bonds is 17. The molecule has 1 unspecified atom stereocenters. The maximum atomic E-state index is 18.1. The highest BCUT2D eigenvalue weighted by molar-refractivity contribution is 6.36. The van der Waals surface area contributed by atoms with Gasteiger partial charge in [0, 0.05) is 155 Å². The van der Waals surface area contributed by atoms with E-state index in [0.717, 1.165) is 43.4 Å². The van der Waals surface area contributed by atoms with Gasteiger partial charge in [0.05, 0.1) is 27.5 Å². The van der Waals surface area contributed by atoms with Crippen molar-refractivity contribution in [2.75, 3.05) is 103 Å². The average molecular weight is 1390 g/mol. The fraction of sp³-hybridized carbons (Fsp3) is 0.421. The highest BCUT2D eigenvalue weighted by atomic mass is 35.5. The lowest BCUT2D eigenvalue weighted by Gasteiger charge is -2.35. The first kappa shape index (κ1) is 66.4. The number of pyridine rings is 2. The van der Waals surface area contributed by atoms with Crippen molar-refractivity contribution in [1.82, 2.24) is 64.4 Å². The second-order valence-electron chi connectivity index (χ2n) is 28.6. The number of aryl methyl sites for hydroxylation is 2. The number of likely N-dealkylation sites (N-methyl/N-ethyl adjacent to an activating group) is 3. The molecule has 0 aliphatic carbocycles. The number of anilines is 2. The molecular formula is C76H77ClF5N15O4. The van der Waals surface area contributed by atoms with E-state index in [9.17, 15) is 9.59 Å². The number of hydrogen-bond donors (Lipinski definition) is 0. The lowest BCUT2D eigenvalue weighted by atomic mass is 9.90. The summed E-state index contributed by atoms with van der Waals surface area (Å²) >= 11 is 6.80. The van der Waals surface area contributed by atoms with Crippen LogP contribution in [0.1, 0.15) is 87.0 Å². The number of alkyl halides is 2. The number of ether oxygens (including phenoxy) is 2. The molecule has 7 atom stereocenters. The SMILES string of the molecule is CCc1c(F)c(C2CC[C@@]3(COc4nc(N(C)[C@@H]5CCN(C(=O)C=C6CN(C)C6)C5)c5cnc(-c6cccc7cccc(Cl)c67)c(F)c5n4)C[C@@H](F)CN23)cc2cccc(-c3ncc4c(N(C)[C@@H]5CCN(C(=O)/C=C/c6ccnc(C)n6)C5)nc(OC[C@@]56CCCN5C[C@H](F)C6)nc4c3F)c12. The van der Waals surface area contributed by atoms with Gasteiger partial charge in [0.2, 0.25) is 11.8 Å². The molecule has 5 aromatic heterocycles. The summed E-state index contributed by atoms with van der Waals surface area (Å²) < 4.78 is 98.5. The van der Waals surface area contributed by atoms with Crippen molar-refractivity contribution < 1.29 is 41.0 Å². The highest BCUT2D eigenvalue weighted by Crippen LogP contribution is 2.52. The maximum Gasteiger partial charge on any atom is 0.319 e. The molecular weight excluding hydrogens is 1320 g/mol. The van der Waals surface area contributed by atoms with Gasteiger partial charge in [-0.3, -0.25) is 34.3 Å². The van der Waals surface area contributed by atoms with Crippen LogP contribution in [0.5, 0.6) is 12.0 Å². The van der Waals surface area contributed by atoms with E-state index >= 15 is 22.0 Å². The molecule has 7 fully saturated rings. The quantitative estimate of drug-likeness (QED) is 0.0620. The van der Waals surface area contributed by atoms with Crippen molar-refractivity contribution in [2.24, 2.45) is 0 Å². The van der Waals surface area contributed by atoms with Gasteiger partial charge in [-0.05, 0) is 117 Å². The van der Waals surface area contributed by atoms with Crippen molar-refractivity contribution in [3.8, 4) is 34.5 Å². The van der Waals surface area contributed by atoms with E-state index in [4.69, 9.17) is 51.0 Å². The number of nitrogens with zero attached hydrogens (tertiary/aromatic N) is 15. The van der Waals surface area contributed by atoms with Crippen LogP contribution in [-0.4, -0.2) is 205 Å². The Bertz CT molecular complexity index is 4880. The monoisotopic (exact) mass is 1390 g/mol. The van der Waals surface area contributed by atoms with Crippen molar-refractivity contribution in [3.63, 3.8) is 0 Å². The molecule has 4 aromatic carbocycles. The molecule has 0 saturated carbocycles. The summed E-state index contributed by atoms with van der Waals surface area (Å²) in [6.45, 7) is 7.86. The van der Waals surface area contributed by atoms with Crippen LogP contribution >= 0.6 is 11.6 Å². The third kappa shape index (κ3) is 12.0. The molecule has 19 nitrogen and oxygen atoms in total. The third-order valence-electron chi connectivity index (χ3n) is 22.3. The van der Waals surface area contributed by atoms with Crippen LogP contribution in [0, 0.1) is 24.4 Å². The summed E-state index contributed by atoms with van der Waals surface area (Å²) in [7, 11) is 5.70. The Labute approximate surface area is 586 Å². The van der Waals surface area contributed by atoms with Gasteiger partial charge in [0.1, 0.15) is 71.3 Å². The molecule has 7 saturated heterocycles. The van der Waals surface area contributed by atoms with Crippen molar-refractivity contribution >= 4 is 84.5 Å². The molecule has 12 heterocycles. The number of carbonyl (C=O) groups excluding carboxylic acids is 2. The Hall–Kier alpha value is -9.10. The van der Waals surface area contributed by atoms with Gasteiger partial charge in [-0.2, -0.15) is 19.9 Å². The van der Waals surface area contributed by atoms with Gasteiger partial charge in [-0.1, -0.05) is 67.1 Å². The van der Waals surface area contributed by atoms with Crippen LogP contribution in [-0.2, 0) is 16.0 Å². The van der Waals surface area contributed by atoms with Gasteiger partial charge in [-0.25, -0.2) is 31.9 Å². The smallest absolute Gasteiger partial charge is 0.319 e. The summed E-state index contributed by atoms with van der Waals surface area (Å²) in [6.07, 6.45) is 11.6. The predicted octanol–water partition coefficient (Wildman–Crippen LogP) is 12.0. The number of benzene rings is 4. The molecule has 25 heteroatoms. The van der Waals surface area contributed by atoms with Crippen LogP contribution < -0.4 is 19.3 Å². The molecule has 0 radical (unpaired) electrons. The Morgan fingerprint density at radius 3 is 1.93 bits per heavy atom. The van der Waals surface area contributed by atoms with Gasteiger partial charge in [0.25, 0.3) is 0 Å². The fourth-order valence-electron chi connectivity index (χ4n) is 17.2. The van der Waals surface area contributed by atoms with Crippen LogP contribution in [0.2, 0.25) is 5.02 Å². The third-order valence-corrected chi connectivity index (χ3v) is 22.7. The first-order valence-corrected chi connectivity index (χ1v) is 35.3. The predicted molar refractivity (Wildman–Crippen MR) is 378 cm³/mol. The maximum absolute atomic E-state index is 18.1. The van der Waals surface area contributed by atoms with Crippen molar-refractivity contribution in [2.45, 2.75) is 113 Å². The average Bonchev–Trinajstić information content (AvgIpc) is 1.68. The number of likely N-dealkylation sites (tertiary alicyclic amines) is 3. The van der Waals surface area contributed by atoms with E-state index in [1.54, 1.807) is 72.8 Å². The molecule has 101 heavy (non-hydrogen) atoms. The van der Waals surface area contributed by atoms with E-state index in [1.165, 1.54) is 12.3 Å². The zero-order valence-corrected chi connectivity index (χ0v) is 57.7. The van der Waals surface area contributed by atoms with E-state index in [-0.39, 0.29) is 90.9 Å². The standard InChI is InChI=1S/C76H77ClF5N15O4/c1-6-52-62-46(13-8-14-53(62)67-65(81)69-56(33-84-67)71(89-73(87-69)100-41-75-23-10-26-96(75)37-47(78)31-75)92(4)50-21-27-94(39-50)60(98)18-17-49-20-25-83-43(2)86-49)30-55(64(52)80)59-19-24-76(32-48(79)38-97(59)76)42-101-74-88-70-57(34-85-68(66(70)82)54-15-7-11-45-12-9-16-58(77)63(45)54)72(90-74)93(5)51-22-28-95(40-51)61(99)29-44-35-91(3)36-44/h7-9,11-18,20,25,29-30,33-34,47-48,50-51,59H,6,10,19,21-24,26-28,31-32,35-42H2,1-5H3/b18-17+/t47-,48-,50-,51-,59?,75+,76+/m1/s1. The Morgan fingerprint density at radius 2 is 1.29 bits per heavy atom. The largest absolute Gasteiger partial charge is 0.461 e. The minimum absolute atomic E-state index is 0.00712. The number of aromatic nitrogens is 8. The van der Waals surface area contributed by atoms with E-state index in [0.29, 0.717) is 142 Å². The summed E-state index contributed by atoms with van der Waals surface area (Å²) in [5.74, 6) is -0.977. The molecule has 2 amide bonds. The molecule has 7 aliphatic heterocycles. The molecule has 7 aliphatic rings. The van der Waals surface area contributed by atoms with Gasteiger partial charge >= 0.3 is 12.0 Å². The number of hydrogen-bond acceptors (Lipinski definition) is 17. The van der Waals surface area contributed by atoms with E-state index < -0.39 is 46.9 Å². The molecule has 16 rings (SSSR count). The number of carbonyl (C=O) groups is 2. The minimum Gasteiger partial charge on any atom is -0.461 e. The first-order valence-electron chi connectivity index (χ1n) is 34.9. The van der Waals surface area contributed by atoms with Gasteiger partial charge in [-0.15, -0.1) is 0 Å². The molecule has 0 spiro atoms. The Morgan fingerprint density at radius 1 is 0.683 bits per heavy atom. The second-order valence-corrected chi connectivity index (χ2v) is 29.0. The van der Waals surface area contributed by atoms with Crippen LogP contribution in [0.15, 0.2) is 103 Å². The van der Waals surface area contributed by atoms with E-state index in [1.807, 2.05) is 78.0 Å². The zero-order chi connectivity index (χ0) is 69.8. The van der Waals surface area contributed by atoms with Gasteiger partial charge in [0.15, 0.2) is 11.6 Å². The summed E-state index contributed by atoms with van der Waals surface area (Å²) in [6, 6.07) is 18.5. The normalized spacial score (nSPS) is 23.9. The Kier molecular flexibility index (Phi) is 17.4. The van der Waals surface area contributed by atoms with Crippen LogP contribution in [0.3, 0.4) is 0 Å². The van der Waals surface area contributed by atoms with Crippen LogP contribution in [0.25, 0.3) is 71.9 Å². The topological polar surface area (TPSA) is 178 Å². The van der Waals surface area contributed by atoms with Crippen molar-refractivity contribution in [1.29, 1.82) is 0 Å². The van der Waals surface area contributed by atoms with Crippen LogP contribution in [0.4, 0.5) is 33.6 Å². The number of fused-ring (bicyclic) bond motifs is 6. The molecule has 9 aromatic rings. The lowest BCUT2D eigenvalue weighted by molar-refractivity contribution is -0.125. The van der Waals surface area contributed by atoms with E-state index in [2.05, 4.69) is 19.8 Å².